The number of nitrogens with zero attached hydrogens (tertiary/aromatic N) is 1. The van der Waals surface area contributed by atoms with Gasteiger partial charge in [-0.2, -0.15) is 0 Å². The van der Waals surface area contributed by atoms with E-state index >= 15 is 0 Å². The lowest BCUT2D eigenvalue weighted by molar-refractivity contribution is -0.149. The van der Waals surface area contributed by atoms with E-state index in [4.69, 9.17) is 4.74 Å². The summed E-state index contributed by atoms with van der Waals surface area (Å²) in [5.41, 5.74) is 2.44. The van der Waals surface area contributed by atoms with E-state index in [-0.39, 0.29) is 18.1 Å². The zero-order valence-electron chi connectivity index (χ0n) is 13.5. The fourth-order valence-corrected chi connectivity index (χ4v) is 3.50. The van der Waals surface area contributed by atoms with Crippen molar-refractivity contribution in [1.82, 2.24) is 10.2 Å². The van der Waals surface area contributed by atoms with Crippen LogP contribution in [0.5, 0.6) is 0 Å². The van der Waals surface area contributed by atoms with Gasteiger partial charge in [-0.05, 0) is 50.9 Å². The fourth-order valence-electron chi connectivity index (χ4n) is 3.50. The molecule has 2 aliphatic rings. The second kappa shape index (κ2) is 6.80. The molecule has 120 valence electrons. The first-order valence-electron chi connectivity index (χ1n) is 8.35. The number of carbonyl (C=O) groups is 1. The molecule has 2 heterocycles. The maximum absolute atomic E-state index is 12.9. The Labute approximate surface area is 132 Å². The number of hydrogen-bond donors (Lipinski definition) is 1. The van der Waals surface area contributed by atoms with Gasteiger partial charge in [-0.25, -0.2) is 0 Å². The number of morpholine rings is 1. The third kappa shape index (κ3) is 3.18. The molecule has 0 saturated carbocycles. The summed E-state index contributed by atoms with van der Waals surface area (Å²) in [4.78, 5) is 14.9. The summed E-state index contributed by atoms with van der Waals surface area (Å²) >= 11 is 0. The standard InChI is InChI=1S/C18H26N2O2/c1-13-5-3-4-6-16(13)17-11-20(14(2)12-22-17)18(21)15-7-9-19-10-8-15/h3-6,14-15,17,19H,7-12H2,1-2H3. The lowest BCUT2D eigenvalue weighted by Gasteiger charge is -2.40. The van der Waals surface area contributed by atoms with Crippen LogP contribution in [0, 0.1) is 12.8 Å². The maximum Gasteiger partial charge on any atom is 0.226 e. The molecule has 22 heavy (non-hydrogen) atoms. The predicted octanol–water partition coefficient (Wildman–Crippen LogP) is 2.28. The predicted molar refractivity (Wildman–Crippen MR) is 86.6 cm³/mol. The highest BCUT2D eigenvalue weighted by atomic mass is 16.5. The minimum absolute atomic E-state index is 0.00284. The van der Waals surface area contributed by atoms with E-state index in [1.165, 1.54) is 11.1 Å². The number of carbonyl (C=O) groups excluding carboxylic acids is 1. The van der Waals surface area contributed by atoms with E-state index in [0.717, 1.165) is 25.9 Å². The Morgan fingerprint density at radius 3 is 2.73 bits per heavy atom. The normalized spacial score (nSPS) is 26.9. The van der Waals surface area contributed by atoms with Crippen molar-refractivity contribution < 1.29 is 9.53 Å². The Hall–Kier alpha value is -1.39. The van der Waals surface area contributed by atoms with Crippen molar-refractivity contribution in [2.75, 3.05) is 26.2 Å². The van der Waals surface area contributed by atoms with Gasteiger partial charge in [-0.3, -0.25) is 4.79 Å². The second-order valence-corrected chi connectivity index (χ2v) is 6.54. The number of ether oxygens (including phenoxy) is 1. The minimum atomic E-state index is 0.00284. The summed E-state index contributed by atoms with van der Waals surface area (Å²) in [7, 11) is 0. The molecule has 0 bridgehead atoms. The third-order valence-corrected chi connectivity index (χ3v) is 4.94. The lowest BCUT2D eigenvalue weighted by Crippen LogP contribution is -2.51. The minimum Gasteiger partial charge on any atom is -0.370 e. The van der Waals surface area contributed by atoms with Crippen molar-refractivity contribution in [2.24, 2.45) is 5.92 Å². The van der Waals surface area contributed by atoms with Gasteiger partial charge in [0.15, 0.2) is 0 Å². The molecule has 4 nitrogen and oxygen atoms in total. The van der Waals surface area contributed by atoms with Gasteiger partial charge in [0.25, 0.3) is 0 Å². The molecule has 4 heteroatoms. The van der Waals surface area contributed by atoms with Crippen LogP contribution in [-0.2, 0) is 9.53 Å². The van der Waals surface area contributed by atoms with Crippen LogP contribution in [0.1, 0.15) is 37.0 Å². The first-order chi connectivity index (χ1) is 10.7. The monoisotopic (exact) mass is 302 g/mol. The molecular formula is C18H26N2O2. The van der Waals surface area contributed by atoms with Crippen molar-refractivity contribution in [3.63, 3.8) is 0 Å². The van der Waals surface area contributed by atoms with Crippen LogP contribution in [0.25, 0.3) is 0 Å². The third-order valence-electron chi connectivity index (χ3n) is 4.94. The van der Waals surface area contributed by atoms with Crippen molar-refractivity contribution in [2.45, 2.75) is 38.8 Å². The molecule has 1 aromatic rings. The van der Waals surface area contributed by atoms with Crippen molar-refractivity contribution in [3.8, 4) is 0 Å². The van der Waals surface area contributed by atoms with E-state index in [9.17, 15) is 4.79 Å². The molecule has 2 saturated heterocycles. The van der Waals surface area contributed by atoms with Crippen molar-refractivity contribution >= 4 is 5.91 Å². The highest BCUT2D eigenvalue weighted by Gasteiger charge is 2.34. The molecule has 2 aliphatic heterocycles. The second-order valence-electron chi connectivity index (χ2n) is 6.54. The molecular weight excluding hydrogens is 276 g/mol. The van der Waals surface area contributed by atoms with Gasteiger partial charge in [0.1, 0.15) is 6.10 Å². The van der Waals surface area contributed by atoms with E-state index in [1.54, 1.807) is 0 Å². The number of aryl methyl sites for hydroxylation is 1. The molecule has 1 aromatic carbocycles. The molecule has 3 rings (SSSR count). The van der Waals surface area contributed by atoms with Crippen molar-refractivity contribution in [3.05, 3.63) is 35.4 Å². The van der Waals surface area contributed by atoms with E-state index in [1.807, 2.05) is 12.1 Å². The Bertz CT molecular complexity index is 526. The SMILES string of the molecule is Cc1ccccc1C1CN(C(=O)C2CCNCC2)C(C)CO1. The first kappa shape index (κ1) is 15.5. The van der Waals surface area contributed by atoms with Crippen LogP contribution in [0.3, 0.4) is 0 Å². The van der Waals surface area contributed by atoms with Gasteiger partial charge in [-0.15, -0.1) is 0 Å². The average Bonchev–Trinajstić information content (AvgIpc) is 2.56. The fraction of sp³-hybridized carbons (Fsp3) is 0.611. The topological polar surface area (TPSA) is 41.6 Å². The molecule has 0 aromatic heterocycles. The van der Waals surface area contributed by atoms with Crippen LogP contribution in [0.2, 0.25) is 0 Å². The number of rotatable bonds is 2. The Kier molecular flexibility index (Phi) is 4.79. The smallest absolute Gasteiger partial charge is 0.226 e. The summed E-state index contributed by atoms with van der Waals surface area (Å²) in [6.07, 6.45) is 1.92. The number of hydrogen-bond acceptors (Lipinski definition) is 3. The molecule has 1 amide bonds. The zero-order valence-corrected chi connectivity index (χ0v) is 13.5. The van der Waals surface area contributed by atoms with Gasteiger partial charge in [0.2, 0.25) is 5.91 Å². The Balaban J connectivity index is 1.73. The van der Waals surface area contributed by atoms with Gasteiger partial charge >= 0.3 is 0 Å². The summed E-state index contributed by atoms with van der Waals surface area (Å²) in [6.45, 7) is 7.40. The average molecular weight is 302 g/mol. The van der Waals surface area contributed by atoms with E-state index < -0.39 is 0 Å². The van der Waals surface area contributed by atoms with Crippen LogP contribution in [0.4, 0.5) is 0 Å². The van der Waals surface area contributed by atoms with Crippen LogP contribution in [-0.4, -0.2) is 43.1 Å². The van der Waals surface area contributed by atoms with Crippen molar-refractivity contribution in [1.29, 1.82) is 0 Å². The lowest BCUT2D eigenvalue weighted by atomic mass is 9.94. The molecule has 0 radical (unpaired) electrons. The summed E-state index contributed by atoms with van der Waals surface area (Å²) in [5, 5.41) is 3.33. The van der Waals surface area contributed by atoms with Crippen LogP contribution in [0.15, 0.2) is 24.3 Å². The van der Waals surface area contributed by atoms with Crippen LogP contribution >= 0.6 is 0 Å². The molecule has 0 spiro atoms. The number of benzene rings is 1. The van der Waals surface area contributed by atoms with Gasteiger partial charge in [-0.1, -0.05) is 24.3 Å². The van der Waals surface area contributed by atoms with E-state index in [0.29, 0.717) is 19.1 Å². The largest absolute Gasteiger partial charge is 0.370 e. The highest BCUT2D eigenvalue weighted by molar-refractivity contribution is 5.79. The zero-order chi connectivity index (χ0) is 15.5. The van der Waals surface area contributed by atoms with Gasteiger partial charge < -0.3 is 15.0 Å². The highest BCUT2D eigenvalue weighted by Crippen LogP contribution is 2.29. The first-order valence-corrected chi connectivity index (χ1v) is 8.35. The maximum atomic E-state index is 12.9. The Morgan fingerprint density at radius 1 is 1.27 bits per heavy atom. The number of piperidine rings is 1. The number of amides is 1. The quantitative estimate of drug-likeness (QED) is 0.911. The molecule has 2 fully saturated rings. The molecule has 0 aliphatic carbocycles. The summed E-state index contributed by atoms with van der Waals surface area (Å²) < 4.78 is 6.02. The van der Waals surface area contributed by atoms with E-state index in [2.05, 4.69) is 36.2 Å². The summed E-state index contributed by atoms with van der Waals surface area (Å²) in [6, 6.07) is 8.48. The molecule has 2 atom stereocenters. The Morgan fingerprint density at radius 2 is 2.00 bits per heavy atom. The molecule has 1 N–H and O–H groups in total. The van der Waals surface area contributed by atoms with Gasteiger partial charge in [0.05, 0.1) is 19.2 Å². The molecule has 2 unspecified atom stereocenters. The summed E-state index contributed by atoms with van der Waals surface area (Å²) in [5.74, 6) is 0.496. The van der Waals surface area contributed by atoms with Gasteiger partial charge in [0, 0.05) is 5.92 Å². The van der Waals surface area contributed by atoms with Crippen LogP contribution < -0.4 is 5.32 Å². The number of nitrogens with one attached hydrogen (secondary N) is 1.